The van der Waals surface area contributed by atoms with Crippen LogP contribution in [0.25, 0.3) is 5.78 Å². The molecular weight excluding hydrogens is 355 g/mol. The Hall–Kier alpha value is -2.62. The molecule has 1 N–H and O–H groups in total. The number of rotatable bonds is 3. The minimum Gasteiger partial charge on any atom is -0.322 e. The van der Waals surface area contributed by atoms with E-state index < -0.39 is 17.6 Å². The van der Waals surface area contributed by atoms with Gasteiger partial charge in [-0.25, -0.2) is 4.98 Å². The molecule has 3 aromatic rings. The van der Waals surface area contributed by atoms with E-state index in [4.69, 9.17) is 0 Å². The number of hydrogen-bond donors (Lipinski definition) is 1. The fourth-order valence-corrected chi connectivity index (χ4v) is 2.54. The van der Waals surface area contributed by atoms with Gasteiger partial charge in [-0.3, -0.25) is 4.79 Å². The summed E-state index contributed by atoms with van der Waals surface area (Å²) in [5.74, 6) is -0.232. The van der Waals surface area contributed by atoms with Gasteiger partial charge >= 0.3 is 6.18 Å². The molecule has 0 unspecified atom stereocenters. The van der Waals surface area contributed by atoms with Gasteiger partial charge in [-0.15, -0.1) is 5.10 Å². The maximum absolute atomic E-state index is 12.8. The number of fused-ring (bicyclic) bond motifs is 1. The molecule has 0 aliphatic rings. The van der Waals surface area contributed by atoms with Gasteiger partial charge in [0, 0.05) is 11.9 Å². The molecule has 0 saturated heterocycles. The predicted octanol–water partition coefficient (Wildman–Crippen LogP) is 3.43. The van der Waals surface area contributed by atoms with Crippen molar-refractivity contribution in [3.05, 3.63) is 47.3 Å². The molecule has 25 heavy (non-hydrogen) atoms. The van der Waals surface area contributed by atoms with E-state index >= 15 is 0 Å². The van der Waals surface area contributed by atoms with Crippen LogP contribution in [0.4, 0.5) is 18.9 Å². The summed E-state index contributed by atoms with van der Waals surface area (Å²) in [6.45, 7) is 1.66. The van der Waals surface area contributed by atoms with Gasteiger partial charge in [0.1, 0.15) is 0 Å². The molecule has 0 atom stereocenters. The fraction of sp³-hybridized carbons (Fsp3) is 0.200. The Labute approximate surface area is 144 Å². The molecule has 2 heterocycles. The third-order valence-corrected chi connectivity index (χ3v) is 4.00. The number of anilines is 1. The Morgan fingerprint density at radius 2 is 2.08 bits per heavy atom. The third-order valence-electron chi connectivity index (χ3n) is 3.46. The summed E-state index contributed by atoms with van der Waals surface area (Å²) in [7, 11) is 0. The summed E-state index contributed by atoms with van der Waals surface area (Å²) in [6, 6.07) is 4.43. The zero-order valence-corrected chi connectivity index (χ0v) is 13.9. The lowest BCUT2D eigenvalue weighted by molar-refractivity contribution is -0.137. The molecule has 6 nitrogen and oxygen atoms in total. The number of thioether (sulfide) groups is 1. The van der Waals surface area contributed by atoms with Crippen molar-refractivity contribution in [2.75, 3.05) is 11.6 Å². The summed E-state index contributed by atoms with van der Waals surface area (Å²) >= 11 is 1.33. The second-order valence-corrected chi connectivity index (χ2v) is 5.87. The number of aryl methyl sites for hydroxylation is 1. The minimum absolute atomic E-state index is 0.0442. The van der Waals surface area contributed by atoms with Crippen molar-refractivity contribution >= 4 is 29.1 Å². The molecule has 130 valence electrons. The quantitative estimate of drug-likeness (QED) is 0.718. The van der Waals surface area contributed by atoms with Crippen LogP contribution in [-0.2, 0) is 6.18 Å². The molecule has 10 heteroatoms. The zero-order chi connectivity index (χ0) is 18.2. The van der Waals surface area contributed by atoms with Crippen molar-refractivity contribution in [1.29, 1.82) is 0 Å². The number of nitrogens with zero attached hydrogens (tertiary/aromatic N) is 4. The van der Waals surface area contributed by atoms with Crippen LogP contribution >= 0.6 is 11.8 Å². The molecule has 0 aliphatic heterocycles. The van der Waals surface area contributed by atoms with Gasteiger partial charge < -0.3 is 5.32 Å². The molecule has 0 spiro atoms. The number of alkyl halides is 3. The number of halogens is 3. The average Bonchev–Trinajstić information content (AvgIpc) is 2.99. The van der Waals surface area contributed by atoms with Gasteiger partial charge in [0.05, 0.1) is 16.8 Å². The van der Waals surface area contributed by atoms with Crippen LogP contribution in [0.15, 0.2) is 35.6 Å². The van der Waals surface area contributed by atoms with E-state index in [-0.39, 0.29) is 11.3 Å². The standard InChI is InChI=1S/C15H12F3N5OS/c1-8-11(7-19-13-21-14(25-2)22-23(8)13)12(24)20-10-5-3-4-9(6-10)15(16,17)18/h3-7H,1-2H3,(H,20,24). The second kappa shape index (κ2) is 6.36. The number of carbonyl (C=O) groups excluding carboxylic acids is 1. The Bertz CT molecular complexity index is 954. The van der Waals surface area contributed by atoms with Gasteiger partial charge in [-0.2, -0.15) is 22.7 Å². The highest BCUT2D eigenvalue weighted by atomic mass is 32.2. The van der Waals surface area contributed by atoms with E-state index in [2.05, 4.69) is 20.4 Å². The molecule has 0 bridgehead atoms. The predicted molar refractivity (Wildman–Crippen MR) is 86.7 cm³/mol. The first-order valence-electron chi connectivity index (χ1n) is 7.04. The maximum Gasteiger partial charge on any atom is 0.416 e. The summed E-state index contributed by atoms with van der Waals surface area (Å²) in [5, 5.41) is 7.16. The van der Waals surface area contributed by atoms with E-state index in [9.17, 15) is 18.0 Å². The number of nitrogens with one attached hydrogen (secondary N) is 1. The van der Waals surface area contributed by atoms with Crippen molar-refractivity contribution < 1.29 is 18.0 Å². The van der Waals surface area contributed by atoms with E-state index in [0.717, 1.165) is 12.1 Å². The Morgan fingerprint density at radius 1 is 1.32 bits per heavy atom. The van der Waals surface area contributed by atoms with Gasteiger partial charge in [-0.05, 0) is 31.4 Å². The number of carbonyl (C=O) groups is 1. The highest BCUT2D eigenvalue weighted by Gasteiger charge is 2.30. The summed E-state index contributed by atoms with van der Waals surface area (Å²) < 4.78 is 39.7. The summed E-state index contributed by atoms with van der Waals surface area (Å²) in [6.07, 6.45) is -1.34. The lowest BCUT2D eigenvalue weighted by atomic mass is 10.1. The van der Waals surface area contributed by atoms with Crippen molar-refractivity contribution in [1.82, 2.24) is 19.6 Å². The number of hydrogen-bond acceptors (Lipinski definition) is 5. The van der Waals surface area contributed by atoms with Crippen molar-refractivity contribution in [3.63, 3.8) is 0 Å². The molecule has 1 aromatic carbocycles. The van der Waals surface area contributed by atoms with Crippen LogP contribution in [0.2, 0.25) is 0 Å². The van der Waals surface area contributed by atoms with Crippen molar-refractivity contribution in [2.24, 2.45) is 0 Å². The first-order chi connectivity index (χ1) is 11.8. The second-order valence-electron chi connectivity index (χ2n) is 5.10. The van der Waals surface area contributed by atoms with Crippen LogP contribution in [0.3, 0.4) is 0 Å². The van der Waals surface area contributed by atoms with Gasteiger partial charge in [0.15, 0.2) is 0 Å². The SMILES string of the molecule is CSc1nc2ncc(C(=O)Nc3cccc(C(F)(F)F)c3)c(C)n2n1. The Balaban J connectivity index is 1.91. The minimum atomic E-state index is -4.48. The molecule has 0 aliphatic carbocycles. The third kappa shape index (κ3) is 3.43. The number of amides is 1. The Kier molecular flexibility index (Phi) is 4.38. The molecule has 2 aromatic heterocycles. The highest BCUT2D eigenvalue weighted by molar-refractivity contribution is 7.98. The van der Waals surface area contributed by atoms with Crippen LogP contribution in [-0.4, -0.2) is 31.7 Å². The molecule has 0 radical (unpaired) electrons. The van der Waals surface area contributed by atoms with Crippen LogP contribution < -0.4 is 5.32 Å². The lowest BCUT2D eigenvalue weighted by Crippen LogP contribution is -2.16. The fourth-order valence-electron chi connectivity index (χ4n) is 2.20. The van der Waals surface area contributed by atoms with Gasteiger partial charge in [0.2, 0.25) is 5.16 Å². The molecule has 3 rings (SSSR count). The van der Waals surface area contributed by atoms with Crippen LogP contribution in [0.5, 0.6) is 0 Å². The number of aromatic nitrogens is 4. The monoisotopic (exact) mass is 367 g/mol. The van der Waals surface area contributed by atoms with E-state index in [1.54, 1.807) is 6.92 Å². The number of benzene rings is 1. The molecular formula is C15H12F3N5OS. The van der Waals surface area contributed by atoms with Crippen molar-refractivity contribution in [2.45, 2.75) is 18.3 Å². The maximum atomic E-state index is 12.8. The summed E-state index contributed by atoms with van der Waals surface area (Å²) in [5.41, 5.74) is -0.107. The van der Waals surface area contributed by atoms with E-state index in [1.165, 1.54) is 34.6 Å². The first kappa shape index (κ1) is 17.2. The van der Waals surface area contributed by atoms with Crippen molar-refractivity contribution in [3.8, 4) is 0 Å². The molecule has 0 saturated carbocycles. The van der Waals surface area contributed by atoms with Crippen LogP contribution in [0.1, 0.15) is 21.6 Å². The van der Waals surface area contributed by atoms with E-state index in [1.807, 2.05) is 6.26 Å². The average molecular weight is 367 g/mol. The molecule has 1 amide bonds. The lowest BCUT2D eigenvalue weighted by Gasteiger charge is -2.11. The van der Waals surface area contributed by atoms with Crippen LogP contribution in [0, 0.1) is 6.92 Å². The highest BCUT2D eigenvalue weighted by Crippen LogP contribution is 2.30. The zero-order valence-electron chi connectivity index (χ0n) is 13.1. The molecule has 0 fully saturated rings. The Morgan fingerprint density at radius 3 is 2.76 bits per heavy atom. The first-order valence-corrected chi connectivity index (χ1v) is 8.27. The smallest absolute Gasteiger partial charge is 0.322 e. The topological polar surface area (TPSA) is 72.2 Å². The van der Waals surface area contributed by atoms with Gasteiger partial charge in [-0.1, -0.05) is 17.8 Å². The van der Waals surface area contributed by atoms with E-state index in [0.29, 0.717) is 16.6 Å². The van der Waals surface area contributed by atoms with Gasteiger partial charge in [0.25, 0.3) is 11.7 Å². The summed E-state index contributed by atoms with van der Waals surface area (Å²) in [4.78, 5) is 20.6. The normalized spacial score (nSPS) is 11.7. The largest absolute Gasteiger partial charge is 0.416 e.